The highest BCUT2D eigenvalue weighted by Crippen LogP contribution is 2.26. The molecule has 2 amide bonds. The van der Waals surface area contributed by atoms with E-state index in [4.69, 9.17) is 27.9 Å². The van der Waals surface area contributed by atoms with Gasteiger partial charge in [-0.15, -0.1) is 0 Å². The molecular formula is C14H16Cl2N2O3. The van der Waals surface area contributed by atoms with E-state index >= 15 is 0 Å². The number of hydrogen-bond donors (Lipinski definition) is 1. The molecule has 0 radical (unpaired) electrons. The highest BCUT2D eigenvalue weighted by molar-refractivity contribution is 6.42. The monoisotopic (exact) mass is 330 g/mol. The van der Waals surface area contributed by atoms with Crippen molar-refractivity contribution in [1.82, 2.24) is 10.2 Å². The van der Waals surface area contributed by atoms with Crippen LogP contribution in [0.15, 0.2) is 18.2 Å². The lowest BCUT2D eigenvalue weighted by Gasteiger charge is -2.39. The quantitative estimate of drug-likeness (QED) is 0.890. The van der Waals surface area contributed by atoms with E-state index in [1.165, 1.54) is 7.11 Å². The molecule has 1 N–H and O–H groups in total. The van der Waals surface area contributed by atoms with Crippen molar-refractivity contribution in [3.63, 3.8) is 0 Å². The van der Waals surface area contributed by atoms with Crippen LogP contribution in [0.2, 0.25) is 10.0 Å². The Morgan fingerprint density at radius 1 is 1.38 bits per heavy atom. The molecule has 1 aliphatic rings. The number of halogens is 2. The summed E-state index contributed by atoms with van der Waals surface area (Å²) in [6.07, 6.45) is 0.206. The SMILES string of the molecule is COCC(=O)NC1CN(C(=O)Cc2cccc(Cl)c2Cl)C1. The first-order valence-electron chi connectivity index (χ1n) is 6.50. The van der Waals surface area contributed by atoms with Crippen molar-refractivity contribution in [3.8, 4) is 0 Å². The Morgan fingerprint density at radius 3 is 2.76 bits per heavy atom. The maximum atomic E-state index is 12.1. The predicted molar refractivity (Wildman–Crippen MR) is 80.6 cm³/mol. The van der Waals surface area contributed by atoms with Gasteiger partial charge in [-0.3, -0.25) is 9.59 Å². The first-order valence-corrected chi connectivity index (χ1v) is 7.25. The van der Waals surface area contributed by atoms with Crippen LogP contribution in [-0.4, -0.2) is 49.6 Å². The van der Waals surface area contributed by atoms with Gasteiger partial charge in [0.25, 0.3) is 0 Å². The van der Waals surface area contributed by atoms with Crippen molar-refractivity contribution in [3.05, 3.63) is 33.8 Å². The number of likely N-dealkylation sites (tertiary alicyclic amines) is 1. The van der Waals surface area contributed by atoms with E-state index in [0.29, 0.717) is 28.7 Å². The molecule has 0 bridgehead atoms. The third-order valence-electron chi connectivity index (χ3n) is 3.25. The van der Waals surface area contributed by atoms with Crippen LogP contribution < -0.4 is 5.32 Å². The van der Waals surface area contributed by atoms with Crippen LogP contribution in [0.5, 0.6) is 0 Å². The molecule has 2 rings (SSSR count). The Bertz CT molecular complexity index is 545. The highest BCUT2D eigenvalue weighted by atomic mass is 35.5. The molecule has 0 aromatic heterocycles. The van der Waals surface area contributed by atoms with E-state index in [2.05, 4.69) is 5.32 Å². The lowest BCUT2D eigenvalue weighted by atomic mass is 10.1. The number of benzene rings is 1. The van der Waals surface area contributed by atoms with Crippen molar-refractivity contribution >= 4 is 35.0 Å². The summed E-state index contributed by atoms with van der Waals surface area (Å²) >= 11 is 12.0. The predicted octanol–water partition coefficient (Wildman–Crippen LogP) is 1.51. The van der Waals surface area contributed by atoms with Gasteiger partial charge in [-0.2, -0.15) is 0 Å². The number of amides is 2. The minimum absolute atomic E-state index is 0.00793. The molecule has 0 aliphatic carbocycles. The molecular weight excluding hydrogens is 315 g/mol. The zero-order valence-corrected chi connectivity index (χ0v) is 13.1. The molecule has 0 unspecified atom stereocenters. The zero-order chi connectivity index (χ0) is 15.4. The second-order valence-electron chi connectivity index (χ2n) is 4.89. The number of carbonyl (C=O) groups is 2. The second kappa shape index (κ2) is 7.11. The van der Waals surface area contributed by atoms with E-state index < -0.39 is 0 Å². The largest absolute Gasteiger partial charge is 0.375 e. The normalized spacial score (nSPS) is 14.7. The molecule has 114 valence electrons. The maximum Gasteiger partial charge on any atom is 0.246 e. The third-order valence-corrected chi connectivity index (χ3v) is 4.11. The average Bonchev–Trinajstić information content (AvgIpc) is 2.39. The molecule has 1 aromatic rings. The van der Waals surface area contributed by atoms with Gasteiger partial charge in [-0.05, 0) is 11.6 Å². The lowest BCUT2D eigenvalue weighted by molar-refractivity contribution is -0.138. The van der Waals surface area contributed by atoms with Gasteiger partial charge in [-0.1, -0.05) is 35.3 Å². The first-order chi connectivity index (χ1) is 10.0. The number of nitrogens with one attached hydrogen (secondary N) is 1. The standard InChI is InChI=1S/C14H16Cl2N2O3/c1-21-8-12(19)17-10-6-18(7-10)13(20)5-9-3-2-4-11(15)14(9)16/h2-4,10H,5-8H2,1H3,(H,17,19). The molecule has 1 saturated heterocycles. The number of carbonyl (C=O) groups excluding carboxylic acids is 2. The van der Waals surface area contributed by atoms with Gasteiger partial charge in [0.2, 0.25) is 11.8 Å². The average molecular weight is 331 g/mol. The van der Waals surface area contributed by atoms with E-state index in [1.54, 1.807) is 23.1 Å². The Kier molecular flexibility index (Phi) is 5.45. The molecule has 0 spiro atoms. The molecule has 0 saturated carbocycles. The number of rotatable bonds is 5. The van der Waals surface area contributed by atoms with Gasteiger partial charge >= 0.3 is 0 Å². The van der Waals surface area contributed by atoms with E-state index in [1.807, 2.05) is 0 Å². The van der Waals surface area contributed by atoms with Crippen molar-refractivity contribution in [2.24, 2.45) is 0 Å². The molecule has 1 aromatic carbocycles. The Labute approximate surface area is 133 Å². The Morgan fingerprint density at radius 2 is 2.10 bits per heavy atom. The van der Waals surface area contributed by atoms with E-state index in [-0.39, 0.29) is 30.9 Å². The van der Waals surface area contributed by atoms with Gasteiger partial charge in [0.05, 0.1) is 22.5 Å². The van der Waals surface area contributed by atoms with Crippen LogP contribution in [0.4, 0.5) is 0 Å². The molecule has 1 fully saturated rings. The molecule has 0 atom stereocenters. The summed E-state index contributed by atoms with van der Waals surface area (Å²) in [6.45, 7) is 1.04. The van der Waals surface area contributed by atoms with Gasteiger partial charge < -0.3 is 15.0 Å². The molecule has 5 nitrogen and oxygen atoms in total. The van der Waals surface area contributed by atoms with Crippen LogP contribution in [-0.2, 0) is 20.7 Å². The topological polar surface area (TPSA) is 58.6 Å². The summed E-state index contributed by atoms with van der Waals surface area (Å²) in [5.74, 6) is -0.205. The minimum Gasteiger partial charge on any atom is -0.375 e. The summed E-state index contributed by atoms with van der Waals surface area (Å²) in [4.78, 5) is 25.1. The van der Waals surface area contributed by atoms with Gasteiger partial charge in [-0.25, -0.2) is 0 Å². The van der Waals surface area contributed by atoms with Crippen LogP contribution in [0.1, 0.15) is 5.56 Å². The van der Waals surface area contributed by atoms with E-state index in [9.17, 15) is 9.59 Å². The second-order valence-corrected chi connectivity index (χ2v) is 5.67. The van der Waals surface area contributed by atoms with Gasteiger partial charge in [0, 0.05) is 20.2 Å². The molecule has 21 heavy (non-hydrogen) atoms. The lowest BCUT2D eigenvalue weighted by Crippen LogP contribution is -2.61. The maximum absolute atomic E-state index is 12.1. The number of hydrogen-bond acceptors (Lipinski definition) is 3. The summed E-state index contributed by atoms with van der Waals surface area (Å²) < 4.78 is 4.73. The van der Waals surface area contributed by atoms with E-state index in [0.717, 1.165) is 0 Å². The fraction of sp³-hybridized carbons (Fsp3) is 0.429. The summed E-state index contributed by atoms with van der Waals surface area (Å²) in [5.41, 5.74) is 0.709. The van der Waals surface area contributed by atoms with Crippen LogP contribution in [0.3, 0.4) is 0 Å². The smallest absolute Gasteiger partial charge is 0.246 e. The number of ether oxygens (including phenoxy) is 1. The van der Waals surface area contributed by atoms with Crippen molar-refractivity contribution < 1.29 is 14.3 Å². The summed E-state index contributed by atoms with van der Waals surface area (Å²) in [6, 6.07) is 5.22. The Balaban J connectivity index is 1.81. The van der Waals surface area contributed by atoms with Crippen LogP contribution in [0.25, 0.3) is 0 Å². The Hall–Kier alpha value is -1.30. The van der Waals surface area contributed by atoms with Crippen LogP contribution >= 0.6 is 23.2 Å². The third kappa shape index (κ3) is 4.09. The zero-order valence-electron chi connectivity index (χ0n) is 11.6. The summed E-state index contributed by atoms with van der Waals surface area (Å²) in [7, 11) is 1.46. The highest BCUT2D eigenvalue weighted by Gasteiger charge is 2.31. The minimum atomic E-state index is -0.174. The van der Waals surface area contributed by atoms with Crippen molar-refractivity contribution in [1.29, 1.82) is 0 Å². The first kappa shape index (κ1) is 16.1. The number of nitrogens with zero attached hydrogens (tertiary/aromatic N) is 1. The van der Waals surface area contributed by atoms with Crippen molar-refractivity contribution in [2.45, 2.75) is 12.5 Å². The van der Waals surface area contributed by atoms with Gasteiger partial charge in [0.15, 0.2) is 0 Å². The van der Waals surface area contributed by atoms with Gasteiger partial charge in [0.1, 0.15) is 6.61 Å². The molecule has 1 aliphatic heterocycles. The molecule has 1 heterocycles. The molecule has 7 heteroatoms. The van der Waals surface area contributed by atoms with Crippen molar-refractivity contribution in [2.75, 3.05) is 26.8 Å². The number of methoxy groups -OCH3 is 1. The van der Waals surface area contributed by atoms with Crippen LogP contribution in [0, 0.1) is 0 Å². The fourth-order valence-electron chi connectivity index (χ4n) is 2.13. The summed E-state index contributed by atoms with van der Waals surface area (Å²) in [5, 5.41) is 3.64. The fourth-order valence-corrected chi connectivity index (χ4v) is 2.52.